The lowest BCUT2D eigenvalue weighted by Crippen LogP contribution is -2.25. The summed E-state index contributed by atoms with van der Waals surface area (Å²) in [6.45, 7) is 0.942. The molecule has 140 valence electrons. The first kappa shape index (κ1) is 17.7. The Morgan fingerprint density at radius 2 is 1.93 bits per heavy atom. The fraction of sp³-hybridized carbons (Fsp3) is 0.136. The Morgan fingerprint density at radius 3 is 2.75 bits per heavy atom. The van der Waals surface area contributed by atoms with Gasteiger partial charge in [-0.25, -0.2) is 9.97 Å². The van der Waals surface area contributed by atoms with Crippen LogP contribution in [-0.2, 0) is 13.1 Å². The highest BCUT2D eigenvalue weighted by Gasteiger charge is 2.14. The van der Waals surface area contributed by atoms with Crippen molar-refractivity contribution in [3.05, 3.63) is 89.9 Å². The maximum Gasteiger partial charge on any atom is 0.251 e. The van der Waals surface area contributed by atoms with E-state index in [0.29, 0.717) is 24.4 Å². The Morgan fingerprint density at radius 1 is 1.07 bits per heavy atom. The van der Waals surface area contributed by atoms with Crippen LogP contribution in [0.25, 0.3) is 11.2 Å². The van der Waals surface area contributed by atoms with Crippen molar-refractivity contribution < 1.29 is 9.53 Å². The Labute approximate surface area is 162 Å². The number of carbonyl (C=O) groups excluding carboxylic acids is 1. The van der Waals surface area contributed by atoms with Gasteiger partial charge < -0.3 is 14.6 Å². The molecule has 4 aromatic rings. The molecule has 6 nitrogen and oxygen atoms in total. The van der Waals surface area contributed by atoms with Gasteiger partial charge in [-0.2, -0.15) is 0 Å². The minimum absolute atomic E-state index is 0.176. The van der Waals surface area contributed by atoms with Gasteiger partial charge in [0.2, 0.25) is 0 Å². The molecule has 0 saturated carbocycles. The molecule has 28 heavy (non-hydrogen) atoms. The highest BCUT2D eigenvalue weighted by molar-refractivity contribution is 5.94. The maximum atomic E-state index is 12.6. The van der Waals surface area contributed by atoms with E-state index in [1.54, 1.807) is 31.5 Å². The lowest BCUT2D eigenvalue weighted by Gasteiger charge is -2.10. The van der Waals surface area contributed by atoms with Crippen LogP contribution in [0.3, 0.4) is 0 Å². The summed E-state index contributed by atoms with van der Waals surface area (Å²) in [7, 11) is 1.58. The second kappa shape index (κ2) is 7.92. The van der Waals surface area contributed by atoms with E-state index in [2.05, 4.69) is 27.4 Å². The highest BCUT2D eigenvalue weighted by atomic mass is 16.5. The number of ether oxygens (including phenoxy) is 1. The number of carbonyl (C=O) groups is 1. The molecule has 1 N–H and O–H groups in total. The number of amides is 1. The van der Waals surface area contributed by atoms with Crippen LogP contribution in [0.15, 0.2) is 72.9 Å². The Bertz CT molecular complexity index is 1110. The molecule has 0 fully saturated rings. The molecule has 0 aliphatic carbocycles. The zero-order valence-corrected chi connectivity index (χ0v) is 15.5. The van der Waals surface area contributed by atoms with E-state index in [0.717, 1.165) is 22.6 Å². The number of pyridine rings is 1. The van der Waals surface area contributed by atoms with Gasteiger partial charge in [0, 0.05) is 11.8 Å². The van der Waals surface area contributed by atoms with Crippen LogP contribution < -0.4 is 10.1 Å². The van der Waals surface area contributed by atoms with E-state index in [-0.39, 0.29) is 5.91 Å². The van der Waals surface area contributed by atoms with E-state index < -0.39 is 0 Å². The predicted octanol–water partition coefficient (Wildman–Crippen LogP) is 3.42. The number of hydrogen-bond donors (Lipinski definition) is 1. The van der Waals surface area contributed by atoms with Crippen molar-refractivity contribution in [3.8, 4) is 5.75 Å². The first-order chi connectivity index (χ1) is 13.7. The zero-order chi connectivity index (χ0) is 19.3. The Hall–Kier alpha value is -3.67. The molecular formula is C22H20N4O2. The molecule has 4 rings (SSSR count). The summed E-state index contributed by atoms with van der Waals surface area (Å²) in [5.41, 5.74) is 3.30. The number of hydrogen-bond acceptors (Lipinski definition) is 4. The first-order valence-corrected chi connectivity index (χ1v) is 9.01. The molecule has 0 radical (unpaired) electrons. The molecule has 6 heteroatoms. The van der Waals surface area contributed by atoms with E-state index in [9.17, 15) is 4.79 Å². The highest BCUT2D eigenvalue weighted by Crippen LogP contribution is 2.17. The summed E-state index contributed by atoms with van der Waals surface area (Å²) in [6, 6.07) is 21.0. The van der Waals surface area contributed by atoms with Crippen LogP contribution in [0.5, 0.6) is 5.75 Å². The number of rotatable bonds is 6. The second-order valence-corrected chi connectivity index (χ2v) is 6.36. The molecule has 0 atom stereocenters. The summed E-state index contributed by atoms with van der Waals surface area (Å²) in [4.78, 5) is 21.7. The van der Waals surface area contributed by atoms with Crippen molar-refractivity contribution in [2.75, 3.05) is 7.11 Å². The summed E-state index contributed by atoms with van der Waals surface area (Å²) < 4.78 is 7.23. The smallest absolute Gasteiger partial charge is 0.251 e. The van der Waals surface area contributed by atoms with Gasteiger partial charge in [0.1, 0.15) is 17.1 Å². The Balaban J connectivity index is 1.59. The topological polar surface area (TPSA) is 69.0 Å². The predicted molar refractivity (Wildman–Crippen MR) is 107 cm³/mol. The summed E-state index contributed by atoms with van der Waals surface area (Å²) in [6.07, 6.45) is 1.75. The van der Waals surface area contributed by atoms with Gasteiger partial charge in [-0.15, -0.1) is 0 Å². The molecule has 0 bridgehead atoms. The molecule has 0 spiro atoms. The van der Waals surface area contributed by atoms with Crippen molar-refractivity contribution >= 4 is 17.1 Å². The lowest BCUT2D eigenvalue weighted by atomic mass is 10.2. The number of methoxy groups -OCH3 is 1. The summed E-state index contributed by atoms with van der Waals surface area (Å²) >= 11 is 0. The normalized spacial score (nSPS) is 10.8. The van der Waals surface area contributed by atoms with Gasteiger partial charge in [-0.05, 0) is 35.9 Å². The van der Waals surface area contributed by atoms with E-state index in [1.807, 2.05) is 41.0 Å². The quantitative estimate of drug-likeness (QED) is 0.563. The first-order valence-electron chi connectivity index (χ1n) is 9.01. The number of imidazole rings is 1. The van der Waals surface area contributed by atoms with Crippen molar-refractivity contribution in [3.63, 3.8) is 0 Å². The van der Waals surface area contributed by atoms with Crippen molar-refractivity contribution in [1.82, 2.24) is 19.9 Å². The number of nitrogens with one attached hydrogen (secondary N) is 1. The Kier molecular flexibility index (Phi) is 5.01. The molecule has 2 aromatic carbocycles. The van der Waals surface area contributed by atoms with Gasteiger partial charge in [-0.1, -0.05) is 36.4 Å². The van der Waals surface area contributed by atoms with Crippen LogP contribution in [0, 0.1) is 0 Å². The molecule has 0 unspecified atom stereocenters. The monoisotopic (exact) mass is 372 g/mol. The van der Waals surface area contributed by atoms with Crippen LogP contribution in [0.4, 0.5) is 0 Å². The van der Waals surface area contributed by atoms with Crippen LogP contribution in [0.2, 0.25) is 0 Å². The maximum absolute atomic E-state index is 12.6. The minimum Gasteiger partial charge on any atom is -0.497 e. The molecule has 0 aliphatic rings. The van der Waals surface area contributed by atoms with E-state index >= 15 is 0 Å². The third kappa shape index (κ3) is 3.71. The fourth-order valence-electron chi connectivity index (χ4n) is 3.10. The molecule has 0 aliphatic heterocycles. The zero-order valence-electron chi connectivity index (χ0n) is 15.5. The average molecular weight is 372 g/mol. The van der Waals surface area contributed by atoms with Crippen LogP contribution in [-0.4, -0.2) is 27.6 Å². The number of aromatic nitrogens is 3. The molecule has 1 amide bonds. The van der Waals surface area contributed by atoms with Crippen molar-refractivity contribution in [2.45, 2.75) is 13.1 Å². The average Bonchev–Trinajstić information content (AvgIpc) is 3.10. The lowest BCUT2D eigenvalue weighted by molar-refractivity contribution is 0.0949. The summed E-state index contributed by atoms with van der Waals surface area (Å²) in [5, 5.41) is 2.95. The third-order valence-corrected chi connectivity index (χ3v) is 4.51. The standard InChI is InChI=1S/C22H20N4O2/c1-28-18-10-5-9-17(13-18)22(27)24-14-20-25-19-11-6-12-23-21(19)26(20)15-16-7-3-2-4-8-16/h2-13H,14-15H2,1H3,(H,24,27). The number of nitrogens with zero attached hydrogens (tertiary/aromatic N) is 3. The number of benzene rings is 2. The summed E-state index contributed by atoms with van der Waals surface area (Å²) in [5.74, 6) is 1.23. The van der Waals surface area contributed by atoms with Gasteiger partial charge in [0.15, 0.2) is 5.65 Å². The van der Waals surface area contributed by atoms with E-state index in [4.69, 9.17) is 4.74 Å². The van der Waals surface area contributed by atoms with Crippen LogP contribution >= 0.6 is 0 Å². The minimum atomic E-state index is -0.176. The van der Waals surface area contributed by atoms with Crippen molar-refractivity contribution in [1.29, 1.82) is 0 Å². The van der Waals surface area contributed by atoms with Gasteiger partial charge in [0.05, 0.1) is 20.2 Å². The molecule has 2 heterocycles. The van der Waals surface area contributed by atoms with Gasteiger partial charge in [0.25, 0.3) is 5.91 Å². The molecular weight excluding hydrogens is 352 g/mol. The van der Waals surface area contributed by atoms with Gasteiger partial charge >= 0.3 is 0 Å². The van der Waals surface area contributed by atoms with Gasteiger partial charge in [-0.3, -0.25) is 4.79 Å². The largest absolute Gasteiger partial charge is 0.497 e. The number of fused-ring (bicyclic) bond motifs is 1. The van der Waals surface area contributed by atoms with Crippen LogP contribution in [0.1, 0.15) is 21.7 Å². The second-order valence-electron chi connectivity index (χ2n) is 6.36. The SMILES string of the molecule is COc1cccc(C(=O)NCc2nc3cccnc3n2Cc2ccccc2)c1. The molecule has 2 aromatic heterocycles. The fourth-order valence-corrected chi connectivity index (χ4v) is 3.10. The van der Waals surface area contributed by atoms with Crippen molar-refractivity contribution in [2.24, 2.45) is 0 Å². The third-order valence-electron chi connectivity index (χ3n) is 4.51. The molecule has 0 saturated heterocycles. The van der Waals surface area contributed by atoms with E-state index in [1.165, 1.54) is 0 Å².